The van der Waals surface area contributed by atoms with Gasteiger partial charge in [0.25, 0.3) is 0 Å². The van der Waals surface area contributed by atoms with Crippen molar-refractivity contribution in [2.75, 3.05) is 6.61 Å². The number of benzene rings is 2. The number of rotatable bonds is 4. The molecule has 1 aliphatic carbocycles. The smallest absolute Gasteiger partial charge is 0.311 e. The Hall–Kier alpha value is -2.13. The van der Waals surface area contributed by atoms with Crippen LogP contribution in [0, 0.1) is 5.92 Å². The zero-order valence-corrected chi connectivity index (χ0v) is 13.8. The molecule has 1 aliphatic rings. The average molecular weight is 310 g/mol. The van der Waals surface area contributed by atoms with Gasteiger partial charge in [-0.1, -0.05) is 42.5 Å². The van der Waals surface area contributed by atoms with Crippen LogP contribution in [0.15, 0.2) is 42.5 Å². The summed E-state index contributed by atoms with van der Waals surface area (Å²) < 4.78 is 5.06. The number of aliphatic hydroxyl groups is 1. The van der Waals surface area contributed by atoms with Crippen molar-refractivity contribution in [3.05, 3.63) is 59.2 Å². The molecule has 23 heavy (non-hydrogen) atoms. The summed E-state index contributed by atoms with van der Waals surface area (Å²) in [5.41, 5.74) is 4.47. The fourth-order valence-electron chi connectivity index (χ4n) is 3.21. The topological polar surface area (TPSA) is 46.5 Å². The second kappa shape index (κ2) is 5.82. The molecule has 0 spiro atoms. The van der Waals surface area contributed by atoms with Crippen molar-refractivity contribution in [2.45, 2.75) is 32.8 Å². The normalized spacial score (nSPS) is 16.2. The summed E-state index contributed by atoms with van der Waals surface area (Å²) in [4.78, 5) is 12.0. The lowest BCUT2D eigenvalue weighted by molar-refractivity contribution is -0.156. The van der Waals surface area contributed by atoms with E-state index < -0.39 is 11.5 Å². The maximum absolute atomic E-state index is 12.0. The molecule has 0 fully saturated rings. The zero-order chi connectivity index (χ0) is 16.6. The van der Waals surface area contributed by atoms with E-state index in [1.807, 2.05) is 30.3 Å². The maximum Gasteiger partial charge on any atom is 0.311 e. The molecule has 1 N–H and O–H groups in total. The van der Waals surface area contributed by atoms with Crippen LogP contribution in [0.5, 0.6) is 0 Å². The molecule has 120 valence electrons. The number of ether oxygens (including phenoxy) is 1. The Morgan fingerprint density at radius 3 is 2.65 bits per heavy atom. The maximum atomic E-state index is 12.0. The number of fused-ring (bicyclic) bond motifs is 3. The van der Waals surface area contributed by atoms with Gasteiger partial charge in [0, 0.05) is 0 Å². The Morgan fingerprint density at radius 1 is 1.22 bits per heavy atom. The second-order valence-corrected chi connectivity index (χ2v) is 6.33. The van der Waals surface area contributed by atoms with Gasteiger partial charge in [-0.05, 0) is 55.0 Å². The van der Waals surface area contributed by atoms with Crippen molar-refractivity contribution in [3.63, 3.8) is 0 Å². The molecule has 2 aromatic rings. The molecule has 0 saturated carbocycles. The van der Waals surface area contributed by atoms with Gasteiger partial charge < -0.3 is 9.84 Å². The van der Waals surface area contributed by atoms with Crippen molar-refractivity contribution in [2.24, 2.45) is 5.92 Å². The van der Waals surface area contributed by atoms with Crippen LogP contribution in [0.2, 0.25) is 0 Å². The quantitative estimate of drug-likeness (QED) is 0.748. The Kier molecular flexibility index (Phi) is 3.99. The molecule has 0 unspecified atom stereocenters. The third-order valence-electron chi connectivity index (χ3n) is 4.86. The van der Waals surface area contributed by atoms with Crippen molar-refractivity contribution >= 4 is 5.97 Å². The molecule has 0 aliphatic heterocycles. The van der Waals surface area contributed by atoms with Crippen LogP contribution in [-0.2, 0) is 21.6 Å². The van der Waals surface area contributed by atoms with E-state index in [1.165, 1.54) is 22.3 Å². The standard InChI is InChI=1S/C20H22O3/c1-4-23-19(21)13(2)20(3,22)16-9-10-18-15(12-16)11-14-7-5-6-8-17(14)18/h5-10,12-13,22H,4,11H2,1-3H3/t13-,20-/m0/s1. The van der Waals surface area contributed by atoms with Gasteiger partial charge in [0.15, 0.2) is 0 Å². The van der Waals surface area contributed by atoms with E-state index in [2.05, 4.69) is 12.1 Å². The molecule has 0 bridgehead atoms. The van der Waals surface area contributed by atoms with E-state index >= 15 is 0 Å². The summed E-state index contributed by atoms with van der Waals surface area (Å²) in [6.07, 6.45) is 0.864. The molecule has 3 heteroatoms. The molecule has 0 saturated heterocycles. The third-order valence-corrected chi connectivity index (χ3v) is 4.86. The number of esters is 1. The highest BCUT2D eigenvalue weighted by Crippen LogP contribution is 2.39. The monoisotopic (exact) mass is 310 g/mol. The van der Waals surface area contributed by atoms with Crippen molar-refractivity contribution in [1.82, 2.24) is 0 Å². The first-order valence-corrected chi connectivity index (χ1v) is 8.05. The molecule has 0 amide bonds. The first-order valence-electron chi connectivity index (χ1n) is 8.05. The highest BCUT2D eigenvalue weighted by atomic mass is 16.5. The predicted octanol–water partition coefficient (Wildman–Crippen LogP) is 3.66. The summed E-state index contributed by atoms with van der Waals surface area (Å²) in [7, 11) is 0. The molecule has 3 rings (SSSR count). The van der Waals surface area contributed by atoms with E-state index in [0.29, 0.717) is 6.61 Å². The fourth-order valence-corrected chi connectivity index (χ4v) is 3.21. The number of hydrogen-bond acceptors (Lipinski definition) is 3. The molecular formula is C20H22O3. The number of carbonyl (C=O) groups is 1. The molecular weight excluding hydrogens is 288 g/mol. The fraction of sp³-hybridized carbons (Fsp3) is 0.350. The second-order valence-electron chi connectivity index (χ2n) is 6.33. The predicted molar refractivity (Wildman–Crippen MR) is 90.1 cm³/mol. The zero-order valence-electron chi connectivity index (χ0n) is 13.8. The Labute approximate surface area is 136 Å². The third kappa shape index (κ3) is 2.66. The largest absolute Gasteiger partial charge is 0.466 e. The van der Waals surface area contributed by atoms with E-state index in [1.54, 1.807) is 20.8 Å². The Bertz CT molecular complexity index is 746. The molecule has 0 radical (unpaired) electrons. The van der Waals surface area contributed by atoms with Crippen LogP contribution >= 0.6 is 0 Å². The molecule has 0 heterocycles. The van der Waals surface area contributed by atoms with Crippen molar-refractivity contribution < 1.29 is 14.6 Å². The minimum Gasteiger partial charge on any atom is -0.466 e. The van der Waals surface area contributed by atoms with E-state index in [-0.39, 0.29) is 5.97 Å². The van der Waals surface area contributed by atoms with Crippen LogP contribution < -0.4 is 0 Å². The Morgan fingerprint density at radius 2 is 1.91 bits per heavy atom. The highest BCUT2D eigenvalue weighted by molar-refractivity contribution is 5.78. The van der Waals surface area contributed by atoms with Crippen LogP contribution in [0.1, 0.15) is 37.5 Å². The van der Waals surface area contributed by atoms with E-state index in [4.69, 9.17) is 4.74 Å². The number of hydrogen-bond donors (Lipinski definition) is 1. The van der Waals surface area contributed by atoms with Crippen molar-refractivity contribution in [3.8, 4) is 11.1 Å². The first kappa shape index (κ1) is 15.8. The summed E-state index contributed by atoms with van der Waals surface area (Å²) >= 11 is 0. The molecule has 2 atom stereocenters. The van der Waals surface area contributed by atoms with Gasteiger partial charge in [0.05, 0.1) is 18.1 Å². The highest BCUT2D eigenvalue weighted by Gasteiger charge is 2.37. The van der Waals surface area contributed by atoms with Gasteiger partial charge in [0.1, 0.15) is 0 Å². The van der Waals surface area contributed by atoms with Crippen LogP contribution in [0.4, 0.5) is 0 Å². The van der Waals surface area contributed by atoms with Crippen molar-refractivity contribution in [1.29, 1.82) is 0 Å². The molecule has 2 aromatic carbocycles. The van der Waals surface area contributed by atoms with Gasteiger partial charge in [-0.3, -0.25) is 4.79 Å². The van der Waals surface area contributed by atoms with Gasteiger partial charge in [-0.2, -0.15) is 0 Å². The van der Waals surface area contributed by atoms with Gasteiger partial charge in [-0.25, -0.2) is 0 Å². The lowest BCUT2D eigenvalue weighted by Crippen LogP contribution is -2.36. The summed E-state index contributed by atoms with van der Waals surface area (Å²) in [6, 6.07) is 14.3. The molecule has 3 nitrogen and oxygen atoms in total. The van der Waals surface area contributed by atoms with Gasteiger partial charge >= 0.3 is 5.97 Å². The van der Waals surface area contributed by atoms with E-state index in [9.17, 15) is 9.90 Å². The SMILES string of the molecule is CCOC(=O)[C@H](C)[C@](C)(O)c1ccc2c(c1)Cc1ccccc1-2. The van der Waals surface area contributed by atoms with Crippen LogP contribution in [0.25, 0.3) is 11.1 Å². The summed E-state index contributed by atoms with van der Waals surface area (Å²) in [6.45, 7) is 5.48. The summed E-state index contributed by atoms with van der Waals surface area (Å²) in [5, 5.41) is 10.9. The number of carbonyl (C=O) groups excluding carboxylic acids is 1. The lowest BCUT2D eigenvalue weighted by atomic mass is 9.83. The van der Waals surface area contributed by atoms with Crippen LogP contribution in [-0.4, -0.2) is 17.7 Å². The van der Waals surface area contributed by atoms with Crippen LogP contribution in [0.3, 0.4) is 0 Å². The van der Waals surface area contributed by atoms with Gasteiger partial charge in [-0.15, -0.1) is 0 Å². The Balaban J connectivity index is 1.94. The first-order chi connectivity index (χ1) is 10.9. The summed E-state index contributed by atoms with van der Waals surface area (Å²) in [5.74, 6) is -0.995. The minimum atomic E-state index is -1.25. The lowest BCUT2D eigenvalue weighted by Gasteiger charge is -2.29. The molecule has 0 aromatic heterocycles. The van der Waals surface area contributed by atoms with Gasteiger partial charge in [0.2, 0.25) is 0 Å². The average Bonchev–Trinajstić information content (AvgIpc) is 2.92. The van der Waals surface area contributed by atoms with E-state index in [0.717, 1.165) is 12.0 Å². The minimum absolute atomic E-state index is 0.318.